The molecule has 82 valence electrons. The highest BCUT2D eigenvalue weighted by Gasteiger charge is 2.29. The largest absolute Gasteiger partial charge is 0.399 e. The average Bonchev–Trinajstić information content (AvgIpc) is 2.59. The summed E-state index contributed by atoms with van der Waals surface area (Å²) < 4.78 is 5.41. The van der Waals surface area contributed by atoms with Crippen molar-refractivity contribution in [2.75, 3.05) is 24.3 Å². The zero-order valence-electron chi connectivity index (χ0n) is 9.34. The first-order valence-corrected chi connectivity index (χ1v) is 5.31. The first-order chi connectivity index (χ1) is 7.09. The lowest BCUT2D eigenvalue weighted by Crippen LogP contribution is -2.35. The quantitative estimate of drug-likeness (QED) is 0.729. The van der Waals surface area contributed by atoms with Gasteiger partial charge in [-0.15, -0.1) is 0 Å². The molecular formula is C12H18N2O. The van der Waals surface area contributed by atoms with Gasteiger partial charge in [0.1, 0.15) is 0 Å². The van der Waals surface area contributed by atoms with Crippen molar-refractivity contribution in [2.24, 2.45) is 0 Å². The van der Waals surface area contributed by atoms with Crippen LogP contribution in [-0.2, 0) is 4.74 Å². The van der Waals surface area contributed by atoms with E-state index in [1.54, 1.807) is 0 Å². The molecular weight excluding hydrogens is 188 g/mol. The molecule has 1 fully saturated rings. The minimum absolute atomic E-state index is 0.0541. The van der Waals surface area contributed by atoms with E-state index in [2.05, 4.69) is 19.2 Å². The fourth-order valence-corrected chi connectivity index (χ4v) is 1.87. The summed E-state index contributed by atoms with van der Waals surface area (Å²) in [6.07, 6.45) is 1.04. The number of aryl methyl sites for hydroxylation is 1. The predicted molar refractivity (Wildman–Crippen MR) is 63.1 cm³/mol. The summed E-state index contributed by atoms with van der Waals surface area (Å²) in [7, 11) is 0. The van der Waals surface area contributed by atoms with E-state index >= 15 is 0 Å². The van der Waals surface area contributed by atoms with Crippen LogP contribution in [0.3, 0.4) is 0 Å². The summed E-state index contributed by atoms with van der Waals surface area (Å²) in [5, 5.41) is 3.52. The minimum Gasteiger partial charge on any atom is -0.399 e. The molecule has 1 atom stereocenters. The second-order valence-electron chi connectivity index (χ2n) is 4.56. The molecule has 3 N–H and O–H groups in total. The summed E-state index contributed by atoms with van der Waals surface area (Å²) in [4.78, 5) is 0. The number of hydrogen-bond donors (Lipinski definition) is 2. The molecule has 1 saturated heterocycles. The van der Waals surface area contributed by atoms with Gasteiger partial charge in [-0.2, -0.15) is 0 Å². The summed E-state index contributed by atoms with van der Waals surface area (Å²) in [6.45, 7) is 5.87. The number of benzene rings is 1. The van der Waals surface area contributed by atoms with Crippen molar-refractivity contribution < 1.29 is 4.74 Å². The smallest absolute Gasteiger partial charge is 0.0694 e. The molecule has 0 aliphatic carbocycles. The lowest BCUT2D eigenvalue weighted by Gasteiger charge is -2.26. The molecule has 0 aromatic heterocycles. The van der Waals surface area contributed by atoms with Gasteiger partial charge in [0, 0.05) is 18.0 Å². The molecule has 15 heavy (non-hydrogen) atoms. The zero-order valence-corrected chi connectivity index (χ0v) is 9.34. The highest BCUT2D eigenvalue weighted by Crippen LogP contribution is 2.27. The third kappa shape index (κ3) is 2.23. The van der Waals surface area contributed by atoms with Gasteiger partial charge in [-0.3, -0.25) is 0 Å². The number of anilines is 2. The number of nitrogens with one attached hydrogen (secondary N) is 1. The van der Waals surface area contributed by atoms with E-state index in [0.29, 0.717) is 0 Å². The Kier molecular flexibility index (Phi) is 2.57. The first kappa shape index (κ1) is 10.3. The normalized spacial score (nSPS) is 25.5. The Labute approximate surface area is 90.6 Å². The molecule has 0 radical (unpaired) electrons. The molecule has 1 unspecified atom stereocenters. The standard InChI is InChI=1S/C12H18N2O/c1-9-3-4-10(13)7-11(9)14-12(2)5-6-15-8-12/h3-4,7,14H,5-6,8,13H2,1-2H3. The van der Waals surface area contributed by atoms with Crippen molar-refractivity contribution in [2.45, 2.75) is 25.8 Å². The van der Waals surface area contributed by atoms with Crippen molar-refractivity contribution >= 4 is 11.4 Å². The number of nitrogen functional groups attached to an aromatic ring is 1. The number of ether oxygens (including phenoxy) is 1. The Bertz CT molecular complexity index is 357. The third-order valence-corrected chi connectivity index (χ3v) is 2.92. The summed E-state index contributed by atoms with van der Waals surface area (Å²) in [5.41, 5.74) is 8.96. The van der Waals surface area contributed by atoms with Gasteiger partial charge in [-0.25, -0.2) is 0 Å². The second kappa shape index (κ2) is 3.74. The van der Waals surface area contributed by atoms with Gasteiger partial charge in [0.25, 0.3) is 0 Å². The monoisotopic (exact) mass is 206 g/mol. The van der Waals surface area contributed by atoms with Crippen LogP contribution in [0.15, 0.2) is 18.2 Å². The Hall–Kier alpha value is -1.22. The van der Waals surface area contributed by atoms with E-state index < -0.39 is 0 Å². The van der Waals surface area contributed by atoms with Gasteiger partial charge in [0.2, 0.25) is 0 Å². The van der Waals surface area contributed by atoms with Gasteiger partial charge in [0.05, 0.1) is 12.1 Å². The Morgan fingerprint density at radius 3 is 2.93 bits per heavy atom. The summed E-state index contributed by atoms with van der Waals surface area (Å²) in [6, 6.07) is 5.95. The number of hydrogen-bond acceptors (Lipinski definition) is 3. The van der Waals surface area contributed by atoms with Gasteiger partial charge in [0.15, 0.2) is 0 Å². The van der Waals surface area contributed by atoms with E-state index in [0.717, 1.165) is 31.0 Å². The van der Waals surface area contributed by atoms with Crippen LogP contribution in [0.4, 0.5) is 11.4 Å². The average molecular weight is 206 g/mol. The molecule has 1 aromatic rings. The second-order valence-corrected chi connectivity index (χ2v) is 4.56. The maximum atomic E-state index is 5.77. The van der Waals surface area contributed by atoms with E-state index in [9.17, 15) is 0 Å². The van der Waals surface area contributed by atoms with Crippen LogP contribution in [-0.4, -0.2) is 18.8 Å². The first-order valence-electron chi connectivity index (χ1n) is 5.31. The van der Waals surface area contributed by atoms with Crippen molar-refractivity contribution in [3.05, 3.63) is 23.8 Å². The topological polar surface area (TPSA) is 47.3 Å². The van der Waals surface area contributed by atoms with E-state index in [-0.39, 0.29) is 5.54 Å². The van der Waals surface area contributed by atoms with E-state index in [4.69, 9.17) is 10.5 Å². The molecule has 1 aliphatic heterocycles. The SMILES string of the molecule is Cc1ccc(N)cc1NC1(C)CCOC1. The summed E-state index contributed by atoms with van der Waals surface area (Å²) >= 11 is 0. The Morgan fingerprint density at radius 2 is 2.27 bits per heavy atom. The Balaban J connectivity index is 2.19. The molecule has 1 aromatic carbocycles. The van der Waals surface area contributed by atoms with Crippen molar-refractivity contribution in [1.82, 2.24) is 0 Å². The van der Waals surface area contributed by atoms with Gasteiger partial charge < -0.3 is 15.8 Å². The molecule has 0 spiro atoms. The minimum atomic E-state index is 0.0541. The van der Waals surface area contributed by atoms with E-state index in [1.165, 1.54) is 5.56 Å². The fraction of sp³-hybridized carbons (Fsp3) is 0.500. The third-order valence-electron chi connectivity index (χ3n) is 2.92. The lowest BCUT2D eigenvalue weighted by molar-refractivity contribution is 0.185. The van der Waals surface area contributed by atoms with Crippen LogP contribution in [0, 0.1) is 6.92 Å². The molecule has 3 heteroatoms. The van der Waals surface area contributed by atoms with Crippen molar-refractivity contribution in [3.8, 4) is 0 Å². The van der Waals surface area contributed by atoms with Crippen molar-refractivity contribution in [3.63, 3.8) is 0 Å². The predicted octanol–water partition coefficient (Wildman–Crippen LogP) is 2.17. The maximum absolute atomic E-state index is 5.77. The maximum Gasteiger partial charge on any atom is 0.0694 e. The highest BCUT2D eigenvalue weighted by atomic mass is 16.5. The van der Waals surface area contributed by atoms with Crippen molar-refractivity contribution in [1.29, 1.82) is 0 Å². The molecule has 0 amide bonds. The molecule has 3 nitrogen and oxygen atoms in total. The molecule has 1 aliphatic rings. The van der Waals surface area contributed by atoms with Crippen LogP contribution in [0.5, 0.6) is 0 Å². The van der Waals surface area contributed by atoms with E-state index in [1.807, 2.05) is 18.2 Å². The van der Waals surface area contributed by atoms with Gasteiger partial charge in [-0.1, -0.05) is 6.07 Å². The fourth-order valence-electron chi connectivity index (χ4n) is 1.87. The Morgan fingerprint density at radius 1 is 1.47 bits per heavy atom. The van der Waals surface area contributed by atoms with Crippen LogP contribution < -0.4 is 11.1 Å². The van der Waals surface area contributed by atoms with Crippen LogP contribution in [0.25, 0.3) is 0 Å². The number of rotatable bonds is 2. The molecule has 0 bridgehead atoms. The molecule has 0 saturated carbocycles. The molecule has 1 heterocycles. The van der Waals surface area contributed by atoms with Gasteiger partial charge >= 0.3 is 0 Å². The highest BCUT2D eigenvalue weighted by molar-refractivity contribution is 5.60. The molecule has 2 rings (SSSR count). The lowest BCUT2D eigenvalue weighted by atomic mass is 10.0. The number of nitrogens with two attached hydrogens (primary N) is 1. The van der Waals surface area contributed by atoms with Crippen LogP contribution in [0.1, 0.15) is 18.9 Å². The summed E-state index contributed by atoms with van der Waals surface area (Å²) in [5.74, 6) is 0. The van der Waals surface area contributed by atoms with Crippen LogP contribution >= 0.6 is 0 Å². The van der Waals surface area contributed by atoms with Crippen LogP contribution in [0.2, 0.25) is 0 Å². The zero-order chi connectivity index (χ0) is 10.9. The van der Waals surface area contributed by atoms with Gasteiger partial charge in [-0.05, 0) is 38.0 Å².